The van der Waals surface area contributed by atoms with E-state index < -0.39 is 0 Å². The number of nitriles is 1. The summed E-state index contributed by atoms with van der Waals surface area (Å²) in [5.74, 6) is 0.644. The van der Waals surface area contributed by atoms with Crippen LogP contribution in [0.1, 0.15) is 17.0 Å². The van der Waals surface area contributed by atoms with Crippen LogP contribution in [0.4, 0.5) is 0 Å². The van der Waals surface area contributed by atoms with Crippen LogP contribution in [0.2, 0.25) is 0 Å². The number of fused-ring (bicyclic) bond motifs is 3. The van der Waals surface area contributed by atoms with Crippen molar-refractivity contribution in [1.82, 2.24) is 9.55 Å². The Balaban J connectivity index is 1.98. The third-order valence-electron chi connectivity index (χ3n) is 4.16. The Morgan fingerprint density at radius 3 is 2.96 bits per heavy atom. The van der Waals surface area contributed by atoms with Crippen LogP contribution < -0.4 is 4.74 Å². The summed E-state index contributed by atoms with van der Waals surface area (Å²) in [5, 5.41) is 10.5. The highest BCUT2D eigenvalue weighted by molar-refractivity contribution is 9.10. The molecule has 5 heteroatoms. The number of rotatable bonds is 1. The van der Waals surface area contributed by atoms with Gasteiger partial charge >= 0.3 is 0 Å². The lowest BCUT2D eigenvalue weighted by Gasteiger charge is -2.24. The number of hydrogen-bond acceptors (Lipinski definition) is 3. The van der Waals surface area contributed by atoms with E-state index in [9.17, 15) is 5.26 Å². The van der Waals surface area contributed by atoms with Gasteiger partial charge in [-0.15, -0.1) is 0 Å². The van der Waals surface area contributed by atoms with Gasteiger partial charge in [-0.05, 0) is 39.7 Å². The Labute approximate surface area is 141 Å². The number of aryl methyl sites for hydroxylation is 1. The molecule has 0 saturated heterocycles. The van der Waals surface area contributed by atoms with E-state index in [0.29, 0.717) is 5.57 Å². The molecule has 1 aliphatic heterocycles. The van der Waals surface area contributed by atoms with Gasteiger partial charge in [0.15, 0.2) is 0 Å². The van der Waals surface area contributed by atoms with Gasteiger partial charge in [-0.25, -0.2) is 0 Å². The summed E-state index contributed by atoms with van der Waals surface area (Å²) in [5.41, 5.74) is 3.63. The number of allylic oxidation sites excluding steroid dienone is 1. The third kappa shape index (κ3) is 2.14. The molecule has 4 nitrogen and oxygen atoms in total. The van der Waals surface area contributed by atoms with E-state index >= 15 is 0 Å². The minimum atomic E-state index is -0.168. The number of halogens is 1. The first-order chi connectivity index (χ1) is 11.2. The average molecular weight is 366 g/mol. The van der Waals surface area contributed by atoms with E-state index in [1.165, 1.54) is 0 Å². The van der Waals surface area contributed by atoms with Crippen molar-refractivity contribution in [3.8, 4) is 11.8 Å². The highest BCUT2D eigenvalue weighted by atomic mass is 79.9. The summed E-state index contributed by atoms with van der Waals surface area (Å²) in [6.45, 7) is 0. The molecule has 4 rings (SSSR count). The third-order valence-corrected chi connectivity index (χ3v) is 4.60. The van der Waals surface area contributed by atoms with Crippen molar-refractivity contribution in [3.05, 3.63) is 70.3 Å². The molecule has 0 aliphatic carbocycles. The van der Waals surface area contributed by atoms with Gasteiger partial charge in [0.2, 0.25) is 0 Å². The zero-order valence-corrected chi connectivity index (χ0v) is 13.9. The molecule has 2 aromatic heterocycles. The van der Waals surface area contributed by atoms with Gasteiger partial charge in [0.1, 0.15) is 12.0 Å². The first-order valence-corrected chi connectivity index (χ1v) is 7.93. The van der Waals surface area contributed by atoms with E-state index in [1.807, 2.05) is 31.4 Å². The number of aromatic nitrogens is 2. The van der Waals surface area contributed by atoms with Gasteiger partial charge in [0.25, 0.3) is 0 Å². The van der Waals surface area contributed by atoms with Crippen molar-refractivity contribution < 1.29 is 4.74 Å². The van der Waals surface area contributed by atoms with Gasteiger partial charge in [-0.2, -0.15) is 5.26 Å². The largest absolute Gasteiger partial charge is 0.463 e. The Bertz CT molecular complexity index is 997. The highest BCUT2D eigenvalue weighted by Crippen LogP contribution is 2.44. The molecule has 3 heterocycles. The quantitative estimate of drug-likeness (QED) is 0.646. The number of pyridine rings is 1. The molecule has 1 aliphatic rings. The molecule has 23 heavy (non-hydrogen) atoms. The zero-order valence-electron chi connectivity index (χ0n) is 12.3. The van der Waals surface area contributed by atoms with Crippen LogP contribution in [0.5, 0.6) is 5.75 Å². The van der Waals surface area contributed by atoms with Crippen molar-refractivity contribution in [3.63, 3.8) is 0 Å². The first kappa shape index (κ1) is 14.0. The van der Waals surface area contributed by atoms with E-state index in [2.05, 4.69) is 37.6 Å². The fourth-order valence-electron chi connectivity index (χ4n) is 3.09. The lowest BCUT2D eigenvalue weighted by atomic mass is 9.84. The lowest BCUT2D eigenvalue weighted by Crippen LogP contribution is -2.12. The number of nitrogens with zero attached hydrogens (tertiary/aromatic N) is 3. The summed E-state index contributed by atoms with van der Waals surface area (Å²) in [7, 11) is 2.00. The zero-order chi connectivity index (χ0) is 16.0. The van der Waals surface area contributed by atoms with Crippen LogP contribution >= 0.6 is 15.9 Å². The molecular formula is C18H12BrN3O. The normalized spacial score (nSPS) is 16.4. The summed E-state index contributed by atoms with van der Waals surface area (Å²) >= 11 is 3.45. The van der Waals surface area contributed by atoms with Gasteiger partial charge in [0.05, 0.1) is 23.1 Å². The lowest BCUT2D eigenvalue weighted by molar-refractivity contribution is 0.459. The second kappa shape index (κ2) is 5.25. The van der Waals surface area contributed by atoms with Crippen LogP contribution in [-0.4, -0.2) is 9.55 Å². The molecule has 112 valence electrons. The SMILES string of the molecule is Cn1ccc2c3c(ccc21)C(c1cncc(Br)c1)C(C#N)=CO3. The average Bonchev–Trinajstić information content (AvgIpc) is 2.95. The smallest absolute Gasteiger partial charge is 0.140 e. The van der Waals surface area contributed by atoms with Crippen LogP contribution in [0.15, 0.2) is 59.2 Å². The predicted molar refractivity (Wildman–Crippen MR) is 91.0 cm³/mol. The van der Waals surface area contributed by atoms with Gasteiger partial charge in [0, 0.05) is 41.1 Å². The van der Waals surface area contributed by atoms with E-state index in [0.717, 1.165) is 32.3 Å². The van der Waals surface area contributed by atoms with Crippen LogP contribution in [0, 0.1) is 11.3 Å². The maximum absolute atomic E-state index is 9.50. The van der Waals surface area contributed by atoms with Gasteiger partial charge < -0.3 is 9.30 Å². The molecule has 0 radical (unpaired) electrons. The van der Waals surface area contributed by atoms with Gasteiger partial charge in [-0.3, -0.25) is 4.98 Å². The van der Waals surface area contributed by atoms with Crippen molar-refractivity contribution in [2.45, 2.75) is 5.92 Å². The Hall–Kier alpha value is -2.58. The molecule has 1 unspecified atom stereocenters. The molecule has 1 atom stereocenters. The fraction of sp³-hybridized carbons (Fsp3) is 0.111. The van der Waals surface area contributed by atoms with E-state index in [1.54, 1.807) is 18.7 Å². The molecule has 0 amide bonds. The van der Waals surface area contributed by atoms with Crippen molar-refractivity contribution in [1.29, 1.82) is 5.26 Å². The number of benzene rings is 1. The first-order valence-electron chi connectivity index (χ1n) is 7.14. The molecule has 1 aromatic carbocycles. The predicted octanol–water partition coefficient (Wildman–Crippen LogP) is 4.27. The number of hydrogen-bond donors (Lipinski definition) is 0. The standard InChI is InChI=1S/C18H12BrN3O/c1-22-5-4-14-16(22)3-2-15-17(11-6-13(19)9-21-8-11)12(7-20)10-23-18(14)15/h2-6,8-10,17H,1H3. The molecule has 0 N–H and O–H groups in total. The maximum Gasteiger partial charge on any atom is 0.140 e. The molecule has 0 bridgehead atoms. The van der Waals surface area contributed by atoms with Crippen LogP contribution in [0.3, 0.4) is 0 Å². The molecule has 0 saturated carbocycles. The minimum absolute atomic E-state index is 0.168. The highest BCUT2D eigenvalue weighted by Gasteiger charge is 2.28. The summed E-state index contributed by atoms with van der Waals surface area (Å²) in [6, 6.07) is 10.4. The van der Waals surface area contributed by atoms with Crippen molar-refractivity contribution >= 4 is 26.8 Å². The Morgan fingerprint density at radius 2 is 2.17 bits per heavy atom. The summed E-state index contributed by atoms with van der Waals surface area (Å²) in [4.78, 5) is 4.24. The Kier molecular flexibility index (Phi) is 3.21. The van der Waals surface area contributed by atoms with Gasteiger partial charge in [-0.1, -0.05) is 6.07 Å². The monoisotopic (exact) mass is 365 g/mol. The number of ether oxygens (including phenoxy) is 1. The summed E-state index contributed by atoms with van der Waals surface area (Å²) in [6.07, 6.45) is 7.10. The fourth-order valence-corrected chi connectivity index (χ4v) is 3.48. The van der Waals surface area contributed by atoms with E-state index in [4.69, 9.17) is 4.74 Å². The molecule has 0 spiro atoms. The summed E-state index contributed by atoms with van der Waals surface area (Å²) < 4.78 is 8.75. The second-order valence-corrected chi connectivity index (χ2v) is 6.43. The van der Waals surface area contributed by atoms with Crippen molar-refractivity contribution in [2.75, 3.05) is 0 Å². The second-order valence-electron chi connectivity index (χ2n) is 5.52. The van der Waals surface area contributed by atoms with Crippen molar-refractivity contribution in [2.24, 2.45) is 7.05 Å². The van der Waals surface area contributed by atoms with Crippen LogP contribution in [0.25, 0.3) is 10.9 Å². The maximum atomic E-state index is 9.50. The molecular weight excluding hydrogens is 354 g/mol. The minimum Gasteiger partial charge on any atom is -0.463 e. The molecule has 0 fully saturated rings. The van der Waals surface area contributed by atoms with Crippen LogP contribution in [-0.2, 0) is 7.05 Å². The topological polar surface area (TPSA) is 50.8 Å². The Morgan fingerprint density at radius 1 is 1.30 bits per heavy atom. The molecule has 3 aromatic rings. The van der Waals surface area contributed by atoms with E-state index in [-0.39, 0.29) is 5.92 Å².